The minimum Gasteiger partial charge on any atom is -0.391 e. The molecule has 2 N–H and O–H groups in total. The summed E-state index contributed by atoms with van der Waals surface area (Å²) in [5.41, 5.74) is 1.88. The standard InChI is InChI=1S/C25H30FN5O4/c1-14(2)22(21-9-10-28-35-21)25(34)31-13-18(32)11-20(31)24(33)29-15(3)16-5-7-17(8-6-16)23-19(26)12-27-30(23)4/h5-10,12,14-15,18,20,22,32H,11,13H2,1-4H3,(H,29,33)/t15?,18-,20?,22?/m1/s1. The van der Waals surface area contributed by atoms with Crippen LogP contribution in [0, 0.1) is 11.7 Å². The largest absolute Gasteiger partial charge is 0.391 e. The maximum atomic E-state index is 14.0. The molecule has 3 heterocycles. The predicted octanol–water partition coefficient (Wildman–Crippen LogP) is 2.79. The van der Waals surface area contributed by atoms with Gasteiger partial charge in [-0.25, -0.2) is 4.39 Å². The minimum atomic E-state index is -0.799. The molecule has 2 amide bonds. The number of nitrogens with zero attached hydrogens (tertiary/aromatic N) is 4. The van der Waals surface area contributed by atoms with Gasteiger partial charge in [-0.3, -0.25) is 14.3 Å². The van der Waals surface area contributed by atoms with Gasteiger partial charge in [0.2, 0.25) is 11.8 Å². The number of β-amino-alcohol motifs (C(OH)–C–C–N with tert-alkyl or cyclic N) is 1. The number of nitrogens with one attached hydrogen (secondary N) is 1. The van der Waals surface area contributed by atoms with E-state index < -0.39 is 23.9 Å². The average molecular weight is 484 g/mol. The summed E-state index contributed by atoms with van der Waals surface area (Å²) in [7, 11) is 1.67. The molecule has 1 aromatic carbocycles. The van der Waals surface area contributed by atoms with Gasteiger partial charge in [-0.1, -0.05) is 43.3 Å². The number of amides is 2. The first-order chi connectivity index (χ1) is 16.7. The number of aliphatic hydroxyl groups excluding tert-OH is 1. The monoisotopic (exact) mass is 483 g/mol. The third-order valence-electron chi connectivity index (χ3n) is 6.50. The van der Waals surface area contributed by atoms with Crippen molar-refractivity contribution < 1.29 is 23.6 Å². The van der Waals surface area contributed by atoms with E-state index in [0.29, 0.717) is 17.0 Å². The van der Waals surface area contributed by atoms with Crippen LogP contribution in [-0.2, 0) is 16.6 Å². The Hall–Kier alpha value is -3.53. The van der Waals surface area contributed by atoms with Crippen molar-refractivity contribution in [2.24, 2.45) is 13.0 Å². The van der Waals surface area contributed by atoms with E-state index in [9.17, 15) is 19.1 Å². The van der Waals surface area contributed by atoms with E-state index in [2.05, 4.69) is 15.6 Å². The molecule has 1 fully saturated rings. The molecule has 186 valence electrons. The number of likely N-dealkylation sites (tertiary alicyclic amines) is 1. The SMILES string of the molecule is CC(NC(=O)C1C[C@@H](O)CN1C(=O)C(c1ccno1)C(C)C)c1ccc(-c2c(F)cnn2C)cc1. The lowest BCUT2D eigenvalue weighted by Crippen LogP contribution is -2.48. The highest BCUT2D eigenvalue weighted by Crippen LogP contribution is 2.31. The van der Waals surface area contributed by atoms with Gasteiger partial charge in [0, 0.05) is 31.6 Å². The Balaban J connectivity index is 1.47. The maximum absolute atomic E-state index is 14.0. The lowest BCUT2D eigenvalue weighted by atomic mass is 9.91. The number of aliphatic hydroxyl groups is 1. The van der Waals surface area contributed by atoms with Gasteiger partial charge in [0.15, 0.2) is 5.82 Å². The van der Waals surface area contributed by atoms with Crippen LogP contribution in [0.4, 0.5) is 4.39 Å². The number of benzene rings is 1. The van der Waals surface area contributed by atoms with E-state index in [1.807, 2.05) is 32.9 Å². The molecule has 4 rings (SSSR count). The summed E-state index contributed by atoms with van der Waals surface area (Å²) in [6.45, 7) is 5.71. The Morgan fingerprint density at radius 1 is 1.20 bits per heavy atom. The fourth-order valence-corrected chi connectivity index (χ4v) is 4.66. The molecule has 0 aliphatic carbocycles. The molecule has 3 unspecified atom stereocenters. The van der Waals surface area contributed by atoms with Crippen molar-refractivity contribution in [2.45, 2.75) is 51.3 Å². The maximum Gasteiger partial charge on any atom is 0.243 e. The minimum absolute atomic E-state index is 0.0770. The Kier molecular flexibility index (Phi) is 7.02. The lowest BCUT2D eigenvalue weighted by Gasteiger charge is -2.29. The summed E-state index contributed by atoms with van der Waals surface area (Å²) in [6.07, 6.45) is 2.02. The molecular weight excluding hydrogens is 453 g/mol. The molecule has 0 radical (unpaired) electrons. The number of aromatic nitrogens is 3. The van der Waals surface area contributed by atoms with Crippen LogP contribution >= 0.6 is 0 Å². The van der Waals surface area contributed by atoms with E-state index >= 15 is 0 Å². The molecular formula is C25H30FN5O4. The van der Waals surface area contributed by atoms with Gasteiger partial charge < -0.3 is 19.8 Å². The topological polar surface area (TPSA) is 113 Å². The zero-order valence-corrected chi connectivity index (χ0v) is 20.2. The van der Waals surface area contributed by atoms with Crippen LogP contribution in [0.15, 0.2) is 47.2 Å². The highest BCUT2D eigenvalue weighted by atomic mass is 19.1. The second kappa shape index (κ2) is 9.99. The van der Waals surface area contributed by atoms with Gasteiger partial charge in [0.25, 0.3) is 0 Å². The van der Waals surface area contributed by atoms with Gasteiger partial charge >= 0.3 is 0 Å². The van der Waals surface area contributed by atoms with Crippen LogP contribution in [0.5, 0.6) is 0 Å². The van der Waals surface area contributed by atoms with Crippen LogP contribution in [0.3, 0.4) is 0 Å². The normalized spacial score (nSPS) is 19.7. The van der Waals surface area contributed by atoms with Crippen LogP contribution < -0.4 is 5.32 Å². The van der Waals surface area contributed by atoms with Crippen molar-refractivity contribution in [3.8, 4) is 11.3 Å². The number of rotatable bonds is 7. The molecule has 1 aliphatic heterocycles. The first-order valence-electron chi connectivity index (χ1n) is 11.6. The molecule has 2 aromatic heterocycles. The van der Waals surface area contributed by atoms with Crippen molar-refractivity contribution in [1.82, 2.24) is 25.2 Å². The Morgan fingerprint density at radius 2 is 1.91 bits per heavy atom. The van der Waals surface area contributed by atoms with Gasteiger partial charge in [0.1, 0.15) is 23.4 Å². The number of aryl methyl sites for hydroxylation is 1. The van der Waals surface area contributed by atoms with E-state index in [0.717, 1.165) is 5.56 Å². The summed E-state index contributed by atoms with van der Waals surface area (Å²) in [6, 6.07) is 7.67. The number of carbonyl (C=O) groups excluding carboxylic acids is 2. The molecule has 1 saturated heterocycles. The summed E-state index contributed by atoms with van der Waals surface area (Å²) in [5, 5.41) is 20.9. The third-order valence-corrected chi connectivity index (χ3v) is 6.50. The van der Waals surface area contributed by atoms with Crippen molar-refractivity contribution in [1.29, 1.82) is 0 Å². The molecule has 9 nitrogen and oxygen atoms in total. The van der Waals surface area contributed by atoms with Crippen LogP contribution in [0.25, 0.3) is 11.3 Å². The van der Waals surface area contributed by atoms with Crippen molar-refractivity contribution in [2.75, 3.05) is 6.54 Å². The van der Waals surface area contributed by atoms with Crippen LogP contribution in [-0.4, -0.2) is 55.4 Å². The van der Waals surface area contributed by atoms with Crippen LogP contribution in [0.2, 0.25) is 0 Å². The van der Waals surface area contributed by atoms with Gasteiger partial charge in [0.05, 0.1) is 24.5 Å². The Bertz CT molecular complexity index is 1160. The fourth-order valence-electron chi connectivity index (χ4n) is 4.66. The first-order valence-corrected chi connectivity index (χ1v) is 11.6. The number of hydrogen-bond acceptors (Lipinski definition) is 6. The van der Waals surface area contributed by atoms with E-state index in [-0.39, 0.29) is 36.7 Å². The van der Waals surface area contributed by atoms with E-state index in [4.69, 9.17) is 4.52 Å². The van der Waals surface area contributed by atoms with Crippen molar-refractivity contribution >= 4 is 11.8 Å². The van der Waals surface area contributed by atoms with Crippen molar-refractivity contribution in [3.63, 3.8) is 0 Å². The lowest BCUT2D eigenvalue weighted by molar-refractivity contribution is -0.141. The highest BCUT2D eigenvalue weighted by molar-refractivity contribution is 5.91. The van der Waals surface area contributed by atoms with Crippen LogP contribution in [0.1, 0.15) is 50.5 Å². The molecule has 10 heteroatoms. The van der Waals surface area contributed by atoms with Gasteiger partial charge in [-0.05, 0) is 18.4 Å². The van der Waals surface area contributed by atoms with E-state index in [1.54, 1.807) is 25.2 Å². The molecule has 0 saturated carbocycles. The molecule has 0 bridgehead atoms. The number of hydrogen-bond donors (Lipinski definition) is 2. The second-order valence-electron chi connectivity index (χ2n) is 9.35. The first kappa shape index (κ1) is 24.6. The number of halogens is 1. The fraction of sp³-hybridized carbons (Fsp3) is 0.440. The summed E-state index contributed by atoms with van der Waals surface area (Å²) >= 11 is 0. The highest BCUT2D eigenvalue weighted by Gasteiger charge is 2.43. The quantitative estimate of drug-likeness (QED) is 0.534. The molecule has 3 aromatic rings. The van der Waals surface area contributed by atoms with Crippen molar-refractivity contribution in [3.05, 3.63) is 59.9 Å². The summed E-state index contributed by atoms with van der Waals surface area (Å²) in [4.78, 5) is 28.1. The average Bonchev–Trinajstić information content (AvgIpc) is 3.55. The van der Waals surface area contributed by atoms with Gasteiger partial charge in [-0.2, -0.15) is 5.10 Å². The molecule has 0 spiro atoms. The predicted molar refractivity (Wildman–Crippen MR) is 125 cm³/mol. The summed E-state index contributed by atoms with van der Waals surface area (Å²) in [5.74, 6) is -1.28. The Labute approximate surface area is 202 Å². The molecule has 1 aliphatic rings. The molecule has 4 atom stereocenters. The zero-order chi connectivity index (χ0) is 25.3. The van der Waals surface area contributed by atoms with E-state index in [1.165, 1.54) is 22.0 Å². The summed E-state index contributed by atoms with van der Waals surface area (Å²) < 4.78 is 20.7. The zero-order valence-electron chi connectivity index (χ0n) is 20.2. The third kappa shape index (κ3) is 4.97. The van der Waals surface area contributed by atoms with Gasteiger partial charge in [-0.15, -0.1) is 0 Å². The Morgan fingerprint density at radius 3 is 2.49 bits per heavy atom. The second-order valence-corrected chi connectivity index (χ2v) is 9.35. The smallest absolute Gasteiger partial charge is 0.243 e. The molecule has 35 heavy (non-hydrogen) atoms. The number of carbonyl (C=O) groups is 2.